The Kier molecular flexibility index (Phi) is 3.71. The van der Waals surface area contributed by atoms with Crippen molar-refractivity contribution in [1.29, 1.82) is 0 Å². The van der Waals surface area contributed by atoms with Crippen molar-refractivity contribution >= 4 is 0 Å². The first-order valence-corrected chi connectivity index (χ1v) is 5.50. The van der Waals surface area contributed by atoms with Gasteiger partial charge in [0.15, 0.2) is 0 Å². The van der Waals surface area contributed by atoms with Gasteiger partial charge in [0.1, 0.15) is 12.2 Å². The van der Waals surface area contributed by atoms with E-state index in [1.807, 2.05) is 7.05 Å². The summed E-state index contributed by atoms with van der Waals surface area (Å²) < 4.78 is 2.06. The molecular weight excluding hydrogens is 202 g/mol. The second kappa shape index (κ2) is 5.46. The smallest absolute Gasteiger partial charge is 0.137 e. The zero-order chi connectivity index (χ0) is 11.2. The Labute approximate surface area is 94.9 Å². The Hall–Kier alpha value is -1.62. The molecule has 0 aromatic carbocycles. The van der Waals surface area contributed by atoms with Gasteiger partial charge in [-0.1, -0.05) is 0 Å². The van der Waals surface area contributed by atoms with Crippen molar-refractivity contribution in [3.05, 3.63) is 36.2 Å². The van der Waals surface area contributed by atoms with Crippen LogP contribution in [0.4, 0.5) is 0 Å². The van der Waals surface area contributed by atoms with Crippen LogP contribution in [0, 0.1) is 0 Å². The predicted molar refractivity (Wildman–Crippen MR) is 61.8 cm³/mol. The average molecular weight is 219 g/mol. The van der Waals surface area contributed by atoms with Crippen LogP contribution in [0.3, 0.4) is 0 Å². The fraction of sp³-hybridized carbons (Fsp3) is 0.455. The van der Waals surface area contributed by atoms with Crippen LogP contribution in [0.1, 0.15) is 17.8 Å². The summed E-state index contributed by atoms with van der Waals surface area (Å²) in [4.78, 5) is 4.08. The molecule has 0 saturated heterocycles. The van der Waals surface area contributed by atoms with Crippen LogP contribution in [0.25, 0.3) is 0 Å². The third-order valence-corrected chi connectivity index (χ3v) is 2.45. The molecule has 0 bridgehead atoms. The van der Waals surface area contributed by atoms with Crippen molar-refractivity contribution in [3.8, 4) is 0 Å². The fourth-order valence-electron chi connectivity index (χ4n) is 1.63. The number of nitrogens with zero attached hydrogens (tertiary/aromatic N) is 3. The van der Waals surface area contributed by atoms with Gasteiger partial charge in [0.2, 0.25) is 0 Å². The van der Waals surface area contributed by atoms with E-state index >= 15 is 0 Å². The van der Waals surface area contributed by atoms with E-state index in [-0.39, 0.29) is 0 Å². The van der Waals surface area contributed by atoms with E-state index in [1.165, 1.54) is 5.56 Å². The first kappa shape index (κ1) is 10.9. The summed E-state index contributed by atoms with van der Waals surface area (Å²) in [6, 6.07) is 2.13. The molecule has 0 atom stereocenters. The highest BCUT2D eigenvalue weighted by atomic mass is 15.2. The molecule has 0 fully saturated rings. The maximum absolute atomic E-state index is 4.08. The van der Waals surface area contributed by atoms with Gasteiger partial charge in [0, 0.05) is 32.4 Å². The molecule has 86 valence electrons. The van der Waals surface area contributed by atoms with Gasteiger partial charge in [-0.25, -0.2) is 4.98 Å². The van der Waals surface area contributed by atoms with Gasteiger partial charge >= 0.3 is 0 Å². The van der Waals surface area contributed by atoms with E-state index in [0.29, 0.717) is 0 Å². The minimum Gasteiger partial charge on any atom is -0.357 e. The quantitative estimate of drug-likeness (QED) is 0.709. The minimum atomic E-state index is 0.928. The van der Waals surface area contributed by atoms with Crippen LogP contribution in [0.5, 0.6) is 0 Å². The molecule has 0 aliphatic carbocycles. The standard InChI is InChI=1S/C11H17N5/c1-16-6-4-10(8-16)7-12-5-2-3-11-13-9-14-15-11/h4,6,8-9,12H,2-3,5,7H2,1H3,(H,13,14,15). The molecule has 0 saturated carbocycles. The molecule has 0 unspecified atom stereocenters. The van der Waals surface area contributed by atoms with Gasteiger partial charge in [-0.15, -0.1) is 0 Å². The van der Waals surface area contributed by atoms with Gasteiger partial charge in [-0.3, -0.25) is 5.10 Å². The summed E-state index contributed by atoms with van der Waals surface area (Å²) in [5, 5.41) is 10.1. The molecule has 2 heterocycles. The lowest BCUT2D eigenvalue weighted by molar-refractivity contribution is 0.639. The maximum Gasteiger partial charge on any atom is 0.137 e. The zero-order valence-electron chi connectivity index (χ0n) is 9.48. The minimum absolute atomic E-state index is 0.928. The lowest BCUT2D eigenvalue weighted by Crippen LogP contribution is -2.15. The van der Waals surface area contributed by atoms with Crippen LogP contribution < -0.4 is 5.32 Å². The van der Waals surface area contributed by atoms with E-state index in [0.717, 1.165) is 31.8 Å². The summed E-state index contributed by atoms with van der Waals surface area (Å²) in [7, 11) is 2.04. The maximum atomic E-state index is 4.08. The number of nitrogens with one attached hydrogen (secondary N) is 2. The van der Waals surface area contributed by atoms with Gasteiger partial charge in [-0.05, 0) is 24.6 Å². The van der Waals surface area contributed by atoms with Crippen LogP contribution in [-0.4, -0.2) is 26.3 Å². The zero-order valence-corrected chi connectivity index (χ0v) is 9.48. The van der Waals surface area contributed by atoms with Crippen LogP contribution in [0.15, 0.2) is 24.8 Å². The number of aromatic nitrogens is 4. The number of aryl methyl sites for hydroxylation is 2. The third kappa shape index (κ3) is 3.20. The van der Waals surface area contributed by atoms with E-state index in [4.69, 9.17) is 0 Å². The highest BCUT2D eigenvalue weighted by Crippen LogP contribution is 1.98. The molecule has 16 heavy (non-hydrogen) atoms. The molecule has 5 heteroatoms. The van der Waals surface area contributed by atoms with Crippen molar-refractivity contribution in [1.82, 2.24) is 25.1 Å². The van der Waals surface area contributed by atoms with Crippen molar-refractivity contribution in [2.45, 2.75) is 19.4 Å². The Morgan fingerprint density at radius 3 is 3.12 bits per heavy atom. The number of rotatable bonds is 6. The monoisotopic (exact) mass is 219 g/mol. The molecule has 0 aliphatic heterocycles. The lowest BCUT2D eigenvalue weighted by Gasteiger charge is -2.01. The van der Waals surface area contributed by atoms with Gasteiger partial charge in [0.05, 0.1) is 0 Å². The Morgan fingerprint density at radius 2 is 2.44 bits per heavy atom. The second-order valence-electron chi connectivity index (χ2n) is 3.90. The van der Waals surface area contributed by atoms with E-state index in [1.54, 1.807) is 6.33 Å². The van der Waals surface area contributed by atoms with Gasteiger partial charge in [0.25, 0.3) is 0 Å². The van der Waals surface area contributed by atoms with Gasteiger partial charge < -0.3 is 9.88 Å². The third-order valence-electron chi connectivity index (χ3n) is 2.45. The number of hydrogen-bond donors (Lipinski definition) is 2. The Balaban J connectivity index is 1.59. The largest absolute Gasteiger partial charge is 0.357 e. The van der Waals surface area contributed by atoms with Crippen molar-refractivity contribution in [2.24, 2.45) is 7.05 Å². The Morgan fingerprint density at radius 1 is 1.50 bits per heavy atom. The number of H-pyrrole nitrogens is 1. The van der Waals surface area contributed by atoms with Crippen molar-refractivity contribution in [3.63, 3.8) is 0 Å². The summed E-state index contributed by atoms with van der Waals surface area (Å²) in [6.07, 6.45) is 7.76. The highest BCUT2D eigenvalue weighted by Gasteiger charge is 1.96. The van der Waals surface area contributed by atoms with E-state index in [2.05, 4.69) is 43.5 Å². The first-order valence-electron chi connectivity index (χ1n) is 5.50. The molecule has 5 nitrogen and oxygen atoms in total. The average Bonchev–Trinajstić information content (AvgIpc) is 2.89. The topological polar surface area (TPSA) is 58.5 Å². The molecule has 2 N–H and O–H groups in total. The summed E-state index contributed by atoms with van der Waals surface area (Å²) in [5.41, 5.74) is 1.32. The molecule has 2 rings (SSSR count). The van der Waals surface area contributed by atoms with E-state index in [9.17, 15) is 0 Å². The van der Waals surface area contributed by atoms with Crippen molar-refractivity contribution in [2.75, 3.05) is 6.54 Å². The summed E-state index contributed by atoms with van der Waals surface area (Å²) in [5.74, 6) is 0.960. The second-order valence-corrected chi connectivity index (χ2v) is 3.90. The lowest BCUT2D eigenvalue weighted by atomic mass is 10.3. The molecular formula is C11H17N5. The molecule has 0 spiro atoms. The predicted octanol–water partition coefficient (Wildman–Crippen LogP) is 0.866. The van der Waals surface area contributed by atoms with Crippen LogP contribution in [0.2, 0.25) is 0 Å². The summed E-state index contributed by atoms with van der Waals surface area (Å²) in [6.45, 7) is 1.92. The molecule has 2 aromatic heterocycles. The molecule has 0 aliphatic rings. The highest BCUT2D eigenvalue weighted by molar-refractivity contribution is 5.09. The Bertz CT molecular complexity index is 404. The molecule has 0 radical (unpaired) electrons. The van der Waals surface area contributed by atoms with E-state index < -0.39 is 0 Å². The number of hydrogen-bond acceptors (Lipinski definition) is 3. The first-order chi connectivity index (χ1) is 7.84. The van der Waals surface area contributed by atoms with Crippen LogP contribution in [-0.2, 0) is 20.0 Å². The molecule has 0 amide bonds. The van der Waals surface area contributed by atoms with Gasteiger partial charge in [-0.2, -0.15) is 5.10 Å². The van der Waals surface area contributed by atoms with Crippen molar-refractivity contribution < 1.29 is 0 Å². The SMILES string of the molecule is Cn1ccc(CNCCCc2ncn[nH]2)c1. The van der Waals surface area contributed by atoms with Crippen LogP contribution >= 0.6 is 0 Å². The summed E-state index contributed by atoms with van der Waals surface area (Å²) >= 11 is 0. The fourth-order valence-corrected chi connectivity index (χ4v) is 1.63. The number of aromatic amines is 1. The normalized spacial score (nSPS) is 10.8. The molecule has 2 aromatic rings.